The summed E-state index contributed by atoms with van der Waals surface area (Å²) in [4.78, 5) is 14.3. The molecule has 9 nitrogen and oxygen atoms in total. The molecule has 32 heavy (non-hydrogen) atoms. The van der Waals surface area contributed by atoms with Crippen LogP contribution in [0.15, 0.2) is 21.8 Å². The van der Waals surface area contributed by atoms with Gasteiger partial charge in [0.25, 0.3) is 0 Å². The van der Waals surface area contributed by atoms with Gasteiger partial charge in [0, 0.05) is 38.4 Å². The molecule has 4 rings (SSSR count). The summed E-state index contributed by atoms with van der Waals surface area (Å²) in [6.07, 6.45) is 6.28. The fourth-order valence-electron chi connectivity index (χ4n) is 4.42. The topological polar surface area (TPSA) is 84.0 Å². The number of aliphatic imine (C=N–C) groups is 1. The summed E-state index contributed by atoms with van der Waals surface area (Å²) in [5.74, 6) is 3.37. The van der Waals surface area contributed by atoms with Crippen LogP contribution in [0.4, 0.5) is 0 Å². The number of hydrogen-bond acceptors (Lipinski definition) is 6. The van der Waals surface area contributed by atoms with Crippen LogP contribution in [0.25, 0.3) is 0 Å². The molecule has 1 unspecified atom stereocenters. The van der Waals surface area contributed by atoms with Crippen LogP contribution >= 0.6 is 0 Å². The van der Waals surface area contributed by atoms with Crippen LogP contribution in [0.1, 0.15) is 48.8 Å². The smallest absolute Gasteiger partial charge is 0.208 e. The normalized spacial score (nSPS) is 21.3. The van der Waals surface area contributed by atoms with Crippen molar-refractivity contribution in [3.63, 3.8) is 0 Å². The summed E-state index contributed by atoms with van der Waals surface area (Å²) in [5, 5.41) is 7.78. The molecule has 0 saturated carbocycles. The van der Waals surface area contributed by atoms with E-state index in [4.69, 9.17) is 14.1 Å². The van der Waals surface area contributed by atoms with Gasteiger partial charge in [-0.1, -0.05) is 0 Å². The van der Waals surface area contributed by atoms with Crippen molar-refractivity contribution in [1.82, 2.24) is 29.9 Å². The third kappa shape index (κ3) is 5.69. The lowest BCUT2D eigenvalue weighted by molar-refractivity contribution is -0.00808. The minimum Gasteiger partial charge on any atom is -0.444 e. The van der Waals surface area contributed by atoms with Gasteiger partial charge >= 0.3 is 0 Å². The molecule has 0 spiro atoms. The first-order chi connectivity index (χ1) is 15.5. The second kappa shape index (κ2) is 10.5. The Morgan fingerprint density at radius 3 is 2.72 bits per heavy atom. The van der Waals surface area contributed by atoms with Crippen molar-refractivity contribution in [1.29, 1.82) is 0 Å². The third-order valence-corrected chi connectivity index (χ3v) is 6.44. The van der Waals surface area contributed by atoms with Gasteiger partial charge in [0.15, 0.2) is 5.96 Å². The van der Waals surface area contributed by atoms with E-state index in [1.165, 1.54) is 0 Å². The zero-order valence-corrected chi connectivity index (χ0v) is 19.9. The second-order valence-corrected chi connectivity index (χ2v) is 8.92. The lowest BCUT2D eigenvalue weighted by Gasteiger charge is -2.35. The molecule has 0 radical (unpaired) electrons. The fraction of sp³-hybridized carbons (Fsp3) is 0.696. The minimum atomic E-state index is 0.0343. The monoisotopic (exact) mass is 443 g/mol. The van der Waals surface area contributed by atoms with E-state index in [0.29, 0.717) is 12.5 Å². The van der Waals surface area contributed by atoms with E-state index in [1.807, 2.05) is 38.0 Å². The zero-order valence-electron chi connectivity index (χ0n) is 19.9. The molecule has 2 aromatic rings. The molecule has 176 valence electrons. The number of nitrogens with zero attached hydrogens (tertiary/aromatic N) is 6. The van der Waals surface area contributed by atoms with Gasteiger partial charge in [-0.05, 0) is 52.6 Å². The summed E-state index contributed by atoms with van der Waals surface area (Å²) < 4.78 is 13.6. The summed E-state index contributed by atoms with van der Waals surface area (Å²) in [6.45, 7) is 13.1. The quantitative estimate of drug-likeness (QED) is 0.542. The maximum atomic E-state index is 6.00. The van der Waals surface area contributed by atoms with Gasteiger partial charge in [0.2, 0.25) is 5.89 Å². The third-order valence-electron chi connectivity index (χ3n) is 6.44. The lowest BCUT2D eigenvalue weighted by Crippen LogP contribution is -2.48. The largest absolute Gasteiger partial charge is 0.444 e. The Labute approximate surface area is 190 Å². The van der Waals surface area contributed by atoms with E-state index in [-0.39, 0.29) is 6.10 Å². The highest BCUT2D eigenvalue weighted by atomic mass is 16.5. The van der Waals surface area contributed by atoms with Gasteiger partial charge in [0.1, 0.15) is 11.9 Å². The van der Waals surface area contributed by atoms with Crippen molar-refractivity contribution in [3.8, 4) is 0 Å². The summed E-state index contributed by atoms with van der Waals surface area (Å²) >= 11 is 0. The van der Waals surface area contributed by atoms with E-state index < -0.39 is 0 Å². The summed E-state index contributed by atoms with van der Waals surface area (Å²) in [6, 6.07) is 0. The average Bonchev–Trinajstić information content (AvgIpc) is 3.37. The van der Waals surface area contributed by atoms with E-state index in [2.05, 4.69) is 32.1 Å². The molecule has 1 atom stereocenters. The van der Waals surface area contributed by atoms with Crippen molar-refractivity contribution in [2.75, 3.05) is 45.9 Å². The van der Waals surface area contributed by atoms with Crippen molar-refractivity contribution in [2.45, 2.75) is 46.3 Å². The predicted molar refractivity (Wildman–Crippen MR) is 123 cm³/mol. The van der Waals surface area contributed by atoms with Gasteiger partial charge < -0.3 is 19.4 Å². The molecule has 0 bridgehead atoms. The molecule has 0 aromatic carbocycles. The van der Waals surface area contributed by atoms with Crippen molar-refractivity contribution in [3.05, 3.63) is 35.3 Å². The van der Waals surface area contributed by atoms with Gasteiger partial charge in [-0.2, -0.15) is 5.10 Å². The van der Waals surface area contributed by atoms with Gasteiger partial charge in [0.05, 0.1) is 31.6 Å². The van der Waals surface area contributed by atoms with Crippen molar-refractivity contribution in [2.24, 2.45) is 18.0 Å². The number of oxazole rings is 1. The van der Waals surface area contributed by atoms with E-state index in [0.717, 1.165) is 87.5 Å². The second-order valence-electron chi connectivity index (χ2n) is 8.92. The molecule has 0 aliphatic carbocycles. The Hall–Kier alpha value is -2.39. The molecule has 2 aliphatic heterocycles. The first-order valence-corrected chi connectivity index (χ1v) is 11.8. The van der Waals surface area contributed by atoms with Gasteiger partial charge in [-0.25, -0.2) is 4.98 Å². The number of piperidine rings is 1. The highest BCUT2D eigenvalue weighted by Gasteiger charge is 2.26. The van der Waals surface area contributed by atoms with Gasteiger partial charge in [-0.15, -0.1) is 0 Å². The number of aromatic nitrogens is 3. The molecule has 2 fully saturated rings. The molecule has 9 heteroatoms. The van der Waals surface area contributed by atoms with E-state index >= 15 is 0 Å². The van der Waals surface area contributed by atoms with Crippen LogP contribution < -0.4 is 5.32 Å². The van der Waals surface area contributed by atoms with Crippen LogP contribution in [0.5, 0.6) is 0 Å². The first kappa shape index (κ1) is 22.8. The number of rotatable bonds is 6. The fourth-order valence-corrected chi connectivity index (χ4v) is 4.42. The highest BCUT2D eigenvalue weighted by molar-refractivity contribution is 5.80. The molecule has 4 heterocycles. The van der Waals surface area contributed by atoms with E-state index in [1.54, 1.807) is 0 Å². The molecular formula is C23H37N7O2. The van der Waals surface area contributed by atoms with Crippen molar-refractivity contribution < 1.29 is 9.15 Å². The minimum absolute atomic E-state index is 0.0343. The number of nitrogens with one attached hydrogen (secondary N) is 1. The highest BCUT2D eigenvalue weighted by Crippen LogP contribution is 2.23. The number of hydrogen-bond donors (Lipinski definition) is 1. The average molecular weight is 444 g/mol. The predicted octanol–water partition coefficient (Wildman–Crippen LogP) is 2.28. The number of likely N-dealkylation sites (tertiary alicyclic amines) is 1. The Bertz CT molecular complexity index is 879. The summed E-state index contributed by atoms with van der Waals surface area (Å²) in [5.41, 5.74) is 2.12. The number of aryl methyl sites for hydroxylation is 3. The van der Waals surface area contributed by atoms with Gasteiger partial charge in [-0.3, -0.25) is 14.6 Å². The Morgan fingerprint density at radius 1 is 1.25 bits per heavy atom. The molecule has 2 aliphatic rings. The molecule has 0 amide bonds. The van der Waals surface area contributed by atoms with Crippen LogP contribution in [-0.4, -0.2) is 76.4 Å². The first-order valence-electron chi connectivity index (χ1n) is 11.8. The molecule has 2 aromatic heterocycles. The zero-order chi connectivity index (χ0) is 22.5. The number of guanidine groups is 1. The maximum absolute atomic E-state index is 6.00. The lowest BCUT2D eigenvalue weighted by atomic mass is 9.97. The summed E-state index contributed by atoms with van der Waals surface area (Å²) in [7, 11) is 1.94. The standard InChI is InChI=1S/C23H37N7O2/c1-5-24-23(30-10-11-31-21(15-30)20-13-26-28(4)14-20)25-12-19-6-8-29(9-7-19)16-22-27-17(2)18(3)32-22/h13-14,19,21H,5-12,15-16H2,1-4H3,(H,24,25). The number of ether oxygens (including phenoxy) is 1. The van der Waals surface area contributed by atoms with Crippen LogP contribution in [0.3, 0.4) is 0 Å². The molecule has 1 N–H and O–H groups in total. The maximum Gasteiger partial charge on any atom is 0.208 e. The SMILES string of the molecule is CCNC(=NCC1CCN(Cc2nc(C)c(C)o2)CC1)N1CCOC(c2cnn(C)c2)C1. The Kier molecular flexibility index (Phi) is 7.47. The molecular weight excluding hydrogens is 406 g/mol. The van der Waals surface area contributed by atoms with E-state index in [9.17, 15) is 0 Å². The van der Waals surface area contributed by atoms with Crippen LogP contribution in [0, 0.1) is 19.8 Å². The number of morpholine rings is 1. The molecule has 2 saturated heterocycles. The van der Waals surface area contributed by atoms with Crippen molar-refractivity contribution >= 4 is 5.96 Å². The Balaban J connectivity index is 1.29. The Morgan fingerprint density at radius 2 is 2.06 bits per heavy atom. The van der Waals surface area contributed by atoms with Crippen LogP contribution in [0.2, 0.25) is 0 Å². The van der Waals surface area contributed by atoms with Crippen LogP contribution in [-0.2, 0) is 18.3 Å².